The average molecular weight is 383 g/mol. The summed E-state index contributed by atoms with van der Waals surface area (Å²) in [4.78, 5) is 13.5. The van der Waals surface area contributed by atoms with Crippen LogP contribution < -0.4 is 5.73 Å². The van der Waals surface area contributed by atoms with Gasteiger partial charge in [0, 0.05) is 50.2 Å². The van der Waals surface area contributed by atoms with E-state index in [9.17, 15) is 5.11 Å². The second-order valence-corrected chi connectivity index (χ2v) is 7.55. The van der Waals surface area contributed by atoms with Gasteiger partial charge in [0.15, 0.2) is 5.96 Å². The summed E-state index contributed by atoms with van der Waals surface area (Å²) in [5.41, 5.74) is 10.8. The van der Waals surface area contributed by atoms with E-state index in [-0.39, 0.29) is 12.6 Å². The number of guanidine groups is 1. The molecule has 0 unspecified atom stereocenters. The summed E-state index contributed by atoms with van der Waals surface area (Å²) in [6, 6.07) is 6.30. The largest absolute Gasteiger partial charge is 0.392 e. The smallest absolute Gasteiger partial charge is 0.188 e. The normalized spacial score (nSPS) is 15.2. The first-order valence-electron chi connectivity index (χ1n) is 9.76. The van der Waals surface area contributed by atoms with Gasteiger partial charge in [-0.05, 0) is 43.9 Å². The zero-order valence-electron chi connectivity index (χ0n) is 16.7. The van der Waals surface area contributed by atoms with Gasteiger partial charge < -0.3 is 15.7 Å². The van der Waals surface area contributed by atoms with Crippen LogP contribution in [0.15, 0.2) is 30.6 Å². The van der Waals surface area contributed by atoms with Crippen molar-refractivity contribution in [3.63, 3.8) is 0 Å². The Balaban J connectivity index is 1.82. The minimum Gasteiger partial charge on any atom is -0.392 e. The van der Waals surface area contributed by atoms with Gasteiger partial charge in [-0.2, -0.15) is 0 Å². The molecule has 1 aliphatic rings. The van der Waals surface area contributed by atoms with Gasteiger partial charge in [-0.1, -0.05) is 12.1 Å². The fourth-order valence-electron chi connectivity index (χ4n) is 3.84. The van der Waals surface area contributed by atoms with Gasteiger partial charge in [0.2, 0.25) is 0 Å². The van der Waals surface area contributed by atoms with E-state index >= 15 is 0 Å². The summed E-state index contributed by atoms with van der Waals surface area (Å²) < 4.78 is 0. The highest BCUT2D eigenvalue weighted by molar-refractivity contribution is 5.74. The Morgan fingerprint density at radius 3 is 2.61 bits per heavy atom. The van der Waals surface area contributed by atoms with Crippen molar-refractivity contribution in [3.8, 4) is 0 Å². The maximum atomic E-state index is 9.69. The third kappa shape index (κ3) is 4.85. The molecule has 0 aromatic carbocycles. The lowest BCUT2D eigenvalue weighted by Crippen LogP contribution is -2.48. The van der Waals surface area contributed by atoms with Crippen molar-refractivity contribution in [1.29, 1.82) is 5.41 Å². The second-order valence-electron chi connectivity index (χ2n) is 7.55. The molecule has 7 nitrogen and oxygen atoms in total. The van der Waals surface area contributed by atoms with Gasteiger partial charge >= 0.3 is 0 Å². The van der Waals surface area contributed by atoms with Gasteiger partial charge in [0.05, 0.1) is 18.0 Å². The van der Waals surface area contributed by atoms with E-state index in [1.165, 1.54) is 5.56 Å². The predicted molar refractivity (Wildman–Crippen MR) is 110 cm³/mol. The van der Waals surface area contributed by atoms with Crippen LogP contribution in [-0.2, 0) is 19.7 Å². The first-order valence-corrected chi connectivity index (χ1v) is 9.76. The SMILES string of the molecule is Cc1cnc(CN(Cc2ncccc2CO)C2CCN(C(=N)N)CC2)c(C)c1. The number of nitrogens with two attached hydrogens (primary N) is 1. The van der Waals surface area contributed by atoms with Crippen molar-refractivity contribution >= 4 is 5.96 Å². The predicted octanol–water partition coefficient (Wildman–Crippen LogP) is 1.95. The molecule has 150 valence electrons. The number of nitrogens with zero attached hydrogens (tertiary/aromatic N) is 4. The van der Waals surface area contributed by atoms with Gasteiger partial charge in [0.1, 0.15) is 0 Å². The number of piperidine rings is 1. The van der Waals surface area contributed by atoms with Crippen molar-refractivity contribution in [1.82, 2.24) is 19.8 Å². The molecular weight excluding hydrogens is 352 g/mol. The monoisotopic (exact) mass is 382 g/mol. The minimum absolute atomic E-state index is 0.0123. The Bertz CT molecular complexity index is 816. The van der Waals surface area contributed by atoms with E-state index in [4.69, 9.17) is 11.1 Å². The molecule has 4 N–H and O–H groups in total. The summed E-state index contributed by atoms with van der Waals surface area (Å²) in [5.74, 6) is 0.147. The van der Waals surface area contributed by atoms with Crippen LogP contribution in [0, 0.1) is 19.3 Å². The number of aryl methyl sites for hydroxylation is 2. The average Bonchev–Trinajstić information content (AvgIpc) is 2.69. The molecule has 7 heteroatoms. The summed E-state index contributed by atoms with van der Waals surface area (Å²) in [5, 5.41) is 17.4. The maximum absolute atomic E-state index is 9.69. The molecule has 0 bridgehead atoms. The van der Waals surface area contributed by atoms with Crippen LogP contribution in [0.5, 0.6) is 0 Å². The Kier molecular flexibility index (Phi) is 6.59. The molecule has 1 aliphatic heterocycles. The van der Waals surface area contributed by atoms with Gasteiger partial charge in [-0.3, -0.25) is 20.3 Å². The highest BCUT2D eigenvalue weighted by Gasteiger charge is 2.26. The van der Waals surface area contributed by atoms with Crippen LogP contribution in [0.3, 0.4) is 0 Å². The lowest BCUT2D eigenvalue weighted by molar-refractivity contribution is 0.117. The number of rotatable bonds is 6. The Hall–Kier alpha value is -2.51. The third-order valence-electron chi connectivity index (χ3n) is 5.51. The van der Waals surface area contributed by atoms with Crippen molar-refractivity contribution in [2.24, 2.45) is 5.73 Å². The van der Waals surface area contributed by atoms with Gasteiger partial charge in [-0.25, -0.2) is 0 Å². The van der Waals surface area contributed by atoms with Crippen molar-refractivity contribution in [2.45, 2.75) is 52.4 Å². The quantitative estimate of drug-likeness (QED) is 0.521. The van der Waals surface area contributed by atoms with Crippen LogP contribution in [0.1, 0.15) is 40.9 Å². The molecule has 28 heavy (non-hydrogen) atoms. The molecule has 0 spiro atoms. The zero-order chi connectivity index (χ0) is 20.1. The molecule has 1 fully saturated rings. The topological polar surface area (TPSA) is 102 Å². The first-order chi connectivity index (χ1) is 13.5. The van der Waals surface area contributed by atoms with E-state index in [1.54, 1.807) is 6.20 Å². The lowest BCUT2D eigenvalue weighted by Gasteiger charge is -2.38. The minimum atomic E-state index is -0.0123. The molecule has 2 aromatic heterocycles. The van der Waals surface area contributed by atoms with Gasteiger partial charge in [0.25, 0.3) is 0 Å². The molecule has 3 heterocycles. The molecule has 2 aromatic rings. The van der Waals surface area contributed by atoms with Crippen molar-refractivity contribution in [3.05, 3.63) is 58.7 Å². The number of nitrogens with one attached hydrogen (secondary N) is 1. The fourth-order valence-corrected chi connectivity index (χ4v) is 3.84. The number of hydrogen-bond donors (Lipinski definition) is 3. The standard InChI is InChI=1S/C21H30N6O/c1-15-10-16(2)19(25-11-15)12-27(13-20-17(14-28)4-3-7-24-20)18-5-8-26(9-6-18)21(22)23/h3-4,7,10-11,18,28H,5-6,8-9,12-14H2,1-2H3,(H3,22,23). The molecule has 1 saturated heterocycles. The molecule has 0 amide bonds. The number of aliphatic hydroxyl groups excluding tert-OH is 1. The number of aromatic nitrogens is 2. The first kappa shape index (κ1) is 20.2. The Morgan fingerprint density at radius 1 is 1.25 bits per heavy atom. The second kappa shape index (κ2) is 9.12. The van der Waals surface area contributed by atoms with E-state index in [2.05, 4.69) is 34.8 Å². The molecule has 0 radical (unpaired) electrons. The van der Waals surface area contributed by atoms with E-state index < -0.39 is 0 Å². The van der Waals surface area contributed by atoms with E-state index in [0.717, 1.165) is 55.0 Å². The summed E-state index contributed by atoms with van der Waals surface area (Å²) in [6.45, 7) is 7.11. The molecule has 0 aliphatic carbocycles. The number of aliphatic hydroxyl groups is 1. The molecular formula is C21H30N6O. The molecule has 3 rings (SSSR count). The number of hydrogen-bond acceptors (Lipinski definition) is 5. The van der Waals surface area contributed by atoms with E-state index in [0.29, 0.717) is 12.6 Å². The van der Waals surface area contributed by atoms with Gasteiger partial charge in [-0.15, -0.1) is 0 Å². The summed E-state index contributed by atoms with van der Waals surface area (Å²) in [6.07, 6.45) is 5.57. The third-order valence-corrected chi connectivity index (χ3v) is 5.51. The Labute approximate surface area is 166 Å². The van der Waals surface area contributed by atoms with Crippen LogP contribution >= 0.6 is 0 Å². The number of likely N-dealkylation sites (tertiary alicyclic amines) is 1. The maximum Gasteiger partial charge on any atom is 0.188 e. The highest BCUT2D eigenvalue weighted by atomic mass is 16.3. The lowest BCUT2D eigenvalue weighted by atomic mass is 10.0. The van der Waals surface area contributed by atoms with E-state index in [1.807, 2.05) is 23.2 Å². The highest BCUT2D eigenvalue weighted by Crippen LogP contribution is 2.22. The zero-order valence-corrected chi connectivity index (χ0v) is 16.7. The van der Waals surface area contributed by atoms with Crippen LogP contribution in [-0.4, -0.2) is 50.0 Å². The summed E-state index contributed by atoms with van der Waals surface area (Å²) >= 11 is 0. The van der Waals surface area contributed by atoms with Crippen molar-refractivity contribution < 1.29 is 5.11 Å². The molecule has 0 saturated carbocycles. The van der Waals surface area contributed by atoms with Crippen LogP contribution in [0.4, 0.5) is 0 Å². The van der Waals surface area contributed by atoms with Crippen LogP contribution in [0.25, 0.3) is 0 Å². The van der Waals surface area contributed by atoms with Crippen molar-refractivity contribution in [2.75, 3.05) is 13.1 Å². The van der Waals surface area contributed by atoms with Crippen LogP contribution in [0.2, 0.25) is 0 Å². The number of pyridine rings is 2. The summed E-state index contributed by atoms with van der Waals surface area (Å²) in [7, 11) is 0. The molecule has 0 atom stereocenters. The fraction of sp³-hybridized carbons (Fsp3) is 0.476. The Morgan fingerprint density at radius 2 is 1.96 bits per heavy atom.